The zero-order valence-corrected chi connectivity index (χ0v) is 9.26. The standard InChI is InChI=1S/C9H11N5O4/c10-13-11-4-6-5(15)3-8(18-6)14-2-1-7(16)12-9(14)17/h1-2,5-6,8,15H,3-4H2,(H,12,16,17)/t5-,6+,8-/m0/s1. The number of aliphatic hydroxyl groups excluding tert-OH is 1. The Kier molecular flexibility index (Phi) is 3.47. The fourth-order valence-electron chi connectivity index (χ4n) is 1.82. The minimum absolute atomic E-state index is 0.00767. The lowest BCUT2D eigenvalue weighted by atomic mass is 10.2. The molecule has 96 valence electrons. The molecule has 1 saturated heterocycles. The number of H-pyrrole nitrogens is 1. The number of ether oxygens (including phenoxy) is 1. The molecule has 0 aromatic carbocycles. The highest BCUT2D eigenvalue weighted by molar-refractivity contribution is 4.88. The lowest BCUT2D eigenvalue weighted by Crippen LogP contribution is -2.31. The van der Waals surface area contributed by atoms with Crippen molar-refractivity contribution in [3.63, 3.8) is 0 Å². The van der Waals surface area contributed by atoms with E-state index in [4.69, 9.17) is 10.3 Å². The summed E-state index contributed by atoms with van der Waals surface area (Å²) in [6.07, 6.45) is -0.654. The van der Waals surface area contributed by atoms with Crippen LogP contribution >= 0.6 is 0 Å². The second-order valence-electron chi connectivity index (χ2n) is 3.86. The molecule has 1 fully saturated rings. The molecule has 0 bridgehead atoms. The molecule has 0 radical (unpaired) electrons. The Morgan fingerprint density at radius 3 is 3.11 bits per heavy atom. The summed E-state index contributed by atoms with van der Waals surface area (Å²) in [5, 5.41) is 13.0. The molecule has 0 spiro atoms. The maximum absolute atomic E-state index is 11.5. The van der Waals surface area contributed by atoms with Crippen LogP contribution in [-0.2, 0) is 4.74 Å². The van der Waals surface area contributed by atoms with Crippen molar-refractivity contribution in [1.29, 1.82) is 0 Å². The van der Waals surface area contributed by atoms with E-state index in [1.54, 1.807) is 0 Å². The zero-order valence-electron chi connectivity index (χ0n) is 9.26. The van der Waals surface area contributed by atoms with Crippen molar-refractivity contribution in [2.24, 2.45) is 5.11 Å². The third kappa shape index (κ3) is 2.43. The summed E-state index contributed by atoms with van der Waals surface area (Å²) in [4.78, 5) is 27.1. The van der Waals surface area contributed by atoms with Crippen molar-refractivity contribution in [3.8, 4) is 0 Å². The van der Waals surface area contributed by atoms with Gasteiger partial charge in [-0.15, -0.1) is 0 Å². The van der Waals surface area contributed by atoms with Crippen molar-refractivity contribution in [2.45, 2.75) is 24.9 Å². The van der Waals surface area contributed by atoms with Crippen molar-refractivity contribution < 1.29 is 9.84 Å². The first-order valence-corrected chi connectivity index (χ1v) is 5.27. The highest BCUT2D eigenvalue weighted by atomic mass is 16.5. The molecule has 3 atom stereocenters. The molecule has 2 heterocycles. The average molecular weight is 253 g/mol. The van der Waals surface area contributed by atoms with Gasteiger partial charge in [-0.05, 0) is 5.53 Å². The van der Waals surface area contributed by atoms with Crippen LogP contribution in [0.1, 0.15) is 12.6 Å². The first-order chi connectivity index (χ1) is 8.61. The van der Waals surface area contributed by atoms with Crippen LogP contribution in [0.25, 0.3) is 10.4 Å². The van der Waals surface area contributed by atoms with E-state index in [2.05, 4.69) is 15.0 Å². The van der Waals surface area contributed by atoms with Crippen molar-refractivity contribution in [1.82, 2.24) is 9.55 Å². The Bertz CT molecular complexity index is 587. The summed E-state index contributed by atoms with van der Waals surface area (Å²) in [7, 11) is 0. The average Bonchev–Trinajstić information content (AvgIpc) is 2.68. The van der Waals surface area contributed by atoms with Crippen molar-refractivity contribution in [2.75, 3.05) is 6.54 Å². The van der Waals surface area contributed by atoms with Crippen LogP contribution in [-0.4, -0.2) is 33.4 Å². The molecule has 0 unspecified atom stereocenters. The lowest BCUT2D eigenvalue weighted by molar-refractivity contribution is -0.0150. The Balaban J connectivity index is 2.19. The molecule has 1 aromatic rings. The molecule has 1 aliphatic rings. The molecule has 1 aliphatic heterocycles. The van der Waals surface area contributed by atoms with Gasteiger partial charge in [0.05, 0.1) is 18.8 Å². The van der Waals surface area contributed by atoms with Crippen LogP contribution < -0.4 is 11.2 Å². The van der Waals surface area contributed by atoms with Gasteiger partial charge in [-0.1, -0.05) is 5.11 Å². The summed E-state index contributed by atoms with van der Waals surface area (Å²) in [6, 6.07) is 1.19. The molecule has 9 nitrogen and oxygen atoms in total. The van der Waals surface area contributed by atoms with Crippen LogP contribution in [0.2, 0.25) is 0 Å². The van der Waals surface area contributed by atoms with E-state index in [9.17, 15) is 14.7 Å². The Hall–Kier alpha value is -2.09. The van der Waals surface area contributed by atoms with E-state index in [-0.39, 0.29) is 13.0 Å². The molecule has 18 heavy (non-hydrogen) atoms. The minimum Gasteiger partial charge on any atom is -0.390 e. The van der Waals surface area contributed by atoms with Crippen LogP contribution in [0, 0.1) is 0 Å². The Labute approximate surface area is 100 Å². The van der Waals surface area contributed by atoms with Crippen molar-refractivity contribution in [3.05, 3.63) is 43.5 Å². The predicted octanol–water partition coefficient (Wildman–Crippen LogP) is -0.505. The molecule has 0 amide bonds. The van der Waals surface area contributed by atoms with Gasteiger partial charge in [-0.3, -0.25) is 14.3 Å². The number of hydrogen-bond donors (Lipinski definition) is 2. The molecule has 9 heteroatoms. The fraction of sp³-hybridized carbons (Fsp3) is 0.556. The first-order valence-electron chi connectivity index (χ1n) is 5.27. The van der Waals surface area contributed by atoms with E-state index in [0.717, 1.165) is 0 Å². The number of aliphatic hydroxyl groups is 1. The molecular weight excluding hydrogens is 242 g/mol. The third-order valence-electron chi connectivity index (χ3n) is 2.69. The van der Waals surface area contributed by atoms with Gasteiger partial charge in [0.25, 0.3) is 5.56 Å². The monoisotopic (exact) mass is 253 g/mol. The predicted molar refractivity (Wildman–Crippen MR) is 59.9 cm³/mol. The molecular formula is C9H11N5O4. The van der Waals surface area contributed by atoms with Gasteiger partial charge in [0.1, 0.15) is 6.23 Å². The second kappa shape index (κ2) is 5.05. The fourth-order valence-corrected chi connectivity index (χ4v) is 1.82. The van der Waals surface area contributed by atoms with Gasteiger partial charge in [-0.25, -0.2) is 4.79 Å². The minimum atomic E-state index is -0.820. The van der Waals surface area contributed by atoms with E-state index >= 15 is 0 Å². The quantitative estimate of drug-likeness (QED) is 0.426. The van der Waals surface area contributed by atoms with Gasteiger partial charge in [0.15, 0.2) is 0 Å². The summed E-state index contributed by atoms with van der Waals surface area (Å²) in [5.74, 6) is 0. The van der Waals surface area contributed by atoms with Crippen LogP contribution in [0.3, 0.4) is 0 Å². The summed E-state index contributed by atoms with van der Waals surface area (Å²) in [5.41, 5.74) is 7.09. The Morgan fingerprint density at radius 2 is 2.44 bits per heavy atom. The largest absolute Gasteiger partial charge is 0.390 e. The maximum atomic E-state index is 11.5. The molecule has 0 aliphatic carbocycles. The van der Waals surface area contributed by atoms with E-state index in [1.807, 2.05) is 0 Å². The number of azide groups is 1. The number of nitrogens with one attached hydrogen (secondary N) is 1. The van der Waals surface area contributed by atoms with Gasteiger partial charge in [0.2, 0.25) is 0 Å². The zero-order chi connectivity index (χ0) is 13.1. The van der Waals surface area contributed by atoms with Crippen LogP contribution in [0.15, 0.2) is 27.0 Å². The molecule has 1 aromatic heterocycles. The smallest absolute Gasteiger partial charge is 0.330 e. The van der Waals surface area contributed by atoms with Crippen LogP contribution in [0.4, 0.5) is 0 Å². The second-order valence-corrected chi connectivity index (χ2v) is 3.86. The van der Waals surface area contributed by atoms with Crippen LogP contribution in [0.5, 0.6) is 0 Å². The van der Waals surface area contributed by atoms with E-state index in [1.165, 1.54) is 16.8 Å². The summed E-state index contributed by atoms with van der Waals surface area (Å²) < 4.78 is 6.59. The summed E-state index contributed by atoms with van der Waals surface area (Å²) >= 11 is 0. The first kappa shape index (κ1) is 12.4. The molecule has 2 N–H and O–H groups in total. The van der Waals surface area contributed by atoms with Gasteiger partial charge < -0.3 is 9.84 Å². The number of rotatable bonds is 3. The SMILES string of the molecule is [N-]=[N+]=NC[C@H]1O[C@H](n2ccc(=O)[nH]c2=O)C[C@@H]1O. The lowest BCUT2D eigenvalue weighted by Gasteiger charge is -2.13. The Morgan fingerprint density at radius 1 is 1.67 bits per heavy atom. The van der Waals surface area contributed by atoms with Gasteiger partial charge in [0, 0.05) is 23.6 Å². The number of nitrogens with zero attached hydrogens (tertiary/aromatic N) is 4. The highest BCUT2D eigenvalue weighted by Gasteiger charge is 2.34. The van der Waals surface area contributed by atoms with Gasteiger partial charge in [-0.2, -0.15) is 0 Å². The maximum Gasteiger partial charge on any atom is 0.330 e. The highest BCUT2D eigenvalue weighted by Crippen LogP contribution is 2.27. The van der Waals surface area contributed by atoms with E-state index in [0.29, 0.717) is 0 Å². The number of aromatic nitrogens is 2. The normalized spacial score (nSPS) is 26.8. The third-order valence-corrected chi connectivity index (χ3v) is 2.69. The molecule has 2 rings (SSSR count). The number of hydrogen-bond acceptors (Lipinski definition) is 5. The van der Waals surface area contributed by atoms with Gasteiger partial charge >= 0.3 is 5.69 Å². The summed E-state index contributed by atoms with van der Waals surface area (Å²) in [6.45, 7) is -0.00767. The molecule has 0 saturated carbocycles. The topological polar surface area (TPSA) is 133 Å². The van der Waals surface area contributed by atoms with Crippen molar-refractivity contribution >= 4 is 0 Å². The number of aromatic amines is 1. The van der Waals surface area contributed by atoms with E-state index < -0.39 is 29.7 Å².